The van der Waals surface area contributed by atoms with Crippen LogP contribution in [0.15, 0.2) is 47.6 Å². The van der Waals surface area contributed by atoms with E-state index in [0.29, 0.717) is 55.3 Å². The Morgan fingerprint density at radius 3 is 2.45 bits per heavy atom. The van der Waals surface area contributed by atoms with E-state index in [2.05, 4.69) is 20.4 Å². The maximum absolute atomic E-state index is 17.6. The van der Waals surface area contributed by atoms with Gasteiger partial charge < -0.3 is 19.7 Å². The summed E-state index contributed by atoms with van der Waals surface area (Å²) >= 11 is 0. The first-order valence-corrected chi connectivity index (χ1v) is 21.7. The molecule has 8 aliphatic rings. The molecule has 0 radical (unpaired) electrons. The van der Waals surface area contributed by atoms with Gasteiger partial charge in [0.15, 0.2) is 18.1 Å². The van der Waals surface area contributed by atoms with Gasteiger partial charge in [-0.2, -0.15) is 0 Å². The molecule has 306 valence electrons. The summed E-state index contributed by atoms with van der Waals surface area (Å²) in [6.45, 7) is 13.5. The van der Waals surface area contributed by atoms with Crippen LogP contribution in [0.2, 0.25) is 0 Å². The molecular weight excluding hydrogens is 712 g/mol. The molecule has 6 unspecified atom stereocenters. The van der Waals surface area contributed by atoms with Crippen LogP contribution in [0.1, 0.15) is 125 Å². The predicted octanol–water partition coefficient (Wildman–Crippen LogP) is 7.90. The second-order valence-corrected chi connectivity index (χ2v) is 20.2. The summed E-state index contributed by atoms with van der Waals surface area (Å²) in [5, 5.41) is 23.9. The largest absolute Gasteiger partial charge is 0.462 e. The number of fused-ring (bicyclic) bond motifs is 10. The molecule has 0 aromatic heterocycles. The Hall–Kier alpha value is -2.91. The molecule has 8 rings (SSSR count). The minimum absolute atomic E-state index is 0.0657. The molecule has 9 heteroatoms. The predicted molar refractivity (Wildman–Crippen MR) is 208 cm³/mol. The molecule has 0 bridgehead atoms. The van der Waals surface area contributed by atoms with Gasteiger partial charge in [0.2, 0.25) is 5.78 Å². The Kier molecular flexibility index (Phi) is 9.86. The Bertz CT molecular complexity index is 1800. The highest BCUT2D eigenvalue weighted by atomic mass is 19.1. The zero-order chi connectivity index (χ0) is 40.2. The average Bonchev–Trinajstić information content (AvgIpc) is 3.56. The highest BCUT2D eigenvalue weighted by Gasteiger charge is 2.75. The van der Waals surface area contributed by atoms with Crippen molar-refractivity contribution in [2.24, 2.45) is 63.6 Å². The number of allylic oxidation sites excluding steroid dienone is 6. The number of esters is 2. The standard InChI is InChI=1S/C47H63FO8/c1-26-18-19-44(5)30(20-26)11-15-35-36-21-28(3)47(54,45(36,6)24-37(50)46(35,44)48)38(51)25-55-40(52)8-7-9-41(53)56-39-17-16-34-33-13-10-29-22-31(49)12-14-32(29)42(33)27(2)23-43(34,39)4/h18-20,22,27-28,32-37,39,42,50,54H,1,7-17,21,23-25H2,2-6H3/t27-,28-,32?,33?,34?,35?,36?,37-,39-,42?,43-,44-,45-,46-,47-/m0/s1. The van der Waals surface area contributed by atoms with Crippen molar-refractivity contribution in [3.63, 3.8) is 0 Å². The van der Waals surface area contributed by atoms with Gasteiger partial charge in [-0.15, -0.1) is 0 Å². The van der Waals surface area contributed by atoms with Crippen LogP contribution in [0.5, 0.6) is 0 Å². The first-order chi connectivity index (χ1) is 26.4. The Morgan fingerprint density at radius 1 is 0.929 bits per heavy atom. The maximum atomic E-state index is 17.6. The first kappa shape index (κ1) is 39.9. The number of carbonyl (C=O) groups is 4. The summed E-state index contributed by atoms with van der Waals surface area (Å²) in [6, 6.07) is 0. The van der Waals surface area contributed by atoms with E-state index in [1.165, 1.54) is 5.57 Å². The normalized spacial score (nSPS) is 47.6. The highest BCUT2D eigenvalue weighted by Crippen LogP contribution is 2.71. The molecule has 6 saturated carbocycles. The lowest BCUT2D eigenvalue weighted by Crippen LogP contribution is -2.69. The third-order valence-electron chi connectivity index (χ3n) is 17.6. The minimum atomic E-state index is -1.97. The fraction of sp³-hybridized carbons (Fsp3) is 0.745. The number of carbonyl (C=O) groups excluding carboxylic acids is 4. The van der Waals surface area contributed by atoms with E-state index in [1.807, 2.05) is 31.2 Å². The molecular formula is C47H63FO8. The first-order valence-electron chi connectivity index (χ1n) is 21.7. The molecule has 15 atom stereocenters. The third-order valence-corrected chi connectivity index (χ3v) is 17.6. The fourth-order valence-electron chi connectivity index (χ4n) is 15.1. The number of alkyl halides is 1. The van der Waals surface area contributed by atoms with E-state index < -0.39 is 58.4 Å². The van der Waals surface area contributed by atoms with E-state index in [-0.39, 0.29) is 54.9 Å². The van der Waals surface area contributed by atoms with Crippen LogP contribution in [-0.4, -0.2) is 63.8 Å². The van der Waals surface area contributed by atoms with Gasteiger partial charge in [-0.1, -0.05) is 63.6 Å². The lowest BCUT2D eigenvalue weighted by atomic mass is 9.44. The number of ketones is 2. The minimum Gasteiger partial charge on any atom is -0.462 e. The number of hydrogen-bond acceptors (Lipinski definition) is 8. The smallest absolute Gasteiger partial charge is 0.306 e. The van der Waals surface area contributed by atoms with E-state index in [1.54, 1.807) is 13.8 Å². The zero-order valence-electron chi connectivity index (χ0n) is 34.1. The van der Waals surface area contributed by atoms with Crippen molar-refractivity contribution in [1.82, 2.24) is 0 Å². The fourth-order valence-corrected chi connectivity index (χ4v) is 15.1. The topological polar surface area (TPSA) is 127 Å². The molecule has 0 heterocycles. The third kappa shape index (κ3) is 5.69. The molecule has 0 spiro atoms. The van der Waals surface area contributed by atoms with Crippen molar-refractivity contribution >= 4 is 23.5 Å². The summed E-state index contributed by atoms with van der Waals surface area (Å²) in [7, 11) is 0. The van der Waals surface area contributed by atoms with Crippen LogP contribution in [0.3, 0.4) is 0 Å². The number of aliphatic hydroxyl groups excluding tert-OH is 1. The van der Waals surface area contributed by atoms with Gasteiger partial charge in [-0.3, -0.25) is 19.2 Å². The Labute approximate surface area is 331 Å². The number of hydrogen-bond donors (Lipinski definition) is 2. The number of rotatable bonds is 8. The van der Waals surface area contributed by atoms with E-state index in [4.69, 9.17) is 9.47 Å². The SMILES string of the molecule is C=C1C=C[C@@]2(C)C(=C1)CCC1C3C[C@H](C)[C@](O)(C(=O)COC(=O)CCCC(=O)O[C@H]4CCC5C6CCC7=CC(=O)CCC7C6[C@@H](C)C[C@@]54C)[C@@]3(C)C[C@H](O)[C@@]12F. The van der Waals surface area contributed by atoms with Crippen LogP contribution in [-0.2, 0) is 28.7 Å². The van der Waals surface area contributed by atoms with Crippen molar-refractivity contribution in [3.8, 4) is 0 Å². The molecule has 0 aliphatic heterocycles. The molecule has 0 amide bonds. The number of aliphatic hydroxyl groups is 2. The van der Waals surface area contributed by atoms with Crippen LogP contribution >= 0.6 is 0 Å². The second-order valence-electron chi connectivity index (χ2n) is 20.2. The number of ether oxygens (including phenoxy) is 2. The molecule has 0 saturated heterocycles. The van der Waals surface area contributed by atoms with Gasteiger partial charge in [0.05, 0.1) is 6.10 Å². The zero-order valence-corrected chi connectivity index (χ0v) is 34.1. The summed E-state index contributed by atoms with van der Waals surface area (Å²) in [6.07, 6.45) is 14.2. The average molecular weight is 775 g/mol. The van der Waals surface area contributed by atoms with Crippen molar-refractivity contribution < 1.29 is 43.3 Å². The lowest BCUT2D eigenvalue weighted by Gasteiger charge is -2.62. The van der Waals surface area contributed by atoms with Gasteiger partial charge in [0.25, 0.3) is 0 Å². The Balaban J connectivity index is 0.841. The van der Waals surface area contributed by atoms with Crippen LogP contribution < -0.4 is 0 Å². The monoisotopic (exact) mass is 774 g/mol. The molecule has 56 heavy (non-hydrogen) atoms. The molecule has 8 aliphatic carbocycles. The molecule has 2 N–H and O–H groups in total. The van der Waals surface area contributed by atoms with Gasteiger partial charge in [-0.25, -0.2) is 4.39 Å². The maximum Gasteiger partial charge on any atom is 0.306 e. The van der Waals surface area contributed by atoms with Crippen LogP contribution in [0.4, 0.5) is 4.39 Å². The molecule has 8 nitrogen and oxygen atoms in total. The van der Waals surface area contributed by atoms with Crippen LogP contribution in [0.25, 0.3) is 0 Å². The quantitative estimate of drug-likeness (QED) is 0.239. The molecule has 0 aromatic rings. The van der Waals surface area contributed by atoms with Gasteiger partial charge in [-0.05, 0) is 131 Å². The van der Waals surface area contributed by atoms with E-state index in [9.17, 15) is 29.4 Å². The molecule has 0 aromatic carbocycles. The summed E-state index contributed by atoms with van der Waals surface area (Å²) < 4.78 is 29.2. The Morgan fingerprint density at radius 2 is 1.68 bits per heavy atom. The van der Waals surface area contributed by atoms with Crippen molar-refractivity contribution in [2.45, 2.75) is 148 Å². The van der Waals surface area contributed by atoms with Crippen molar-refractivity contribution in [2.75, 3.05) is 6.61 Å². The molecule has 6 fully saturated rings. The summed E-state index contributed by atoms with van der Waals surface area (Å²) in [4.78, 5) is 52.1. The summed E-state index contributed by atoms with van der Waals surface area (Å²) in [5.74, 6) is -0.123. The number of Topliss-reactive ketones (excluding diaryl/α,β-unsaturated/α-hetero) is 1. The lowest BCUT2D eigenvalue weighted by molar-refractivity contribution is -0.219. The summed E-state index contributed by atoms with van der Waals surface area (Å²) in [5.41, 5.74) is -3.01. The van der Waals surface area contributed by atoms with E-state index in [0.717, 1.165) is 49.7 Å². The van der Waals surface area contributed by atoms with Gasteiger partial charge in [0, 0.05) is 41.4 Å². The van der Waals surface area contributed by atoms with Gasteiger partial charge in [0.1, 0.15) is 11.7 Å². The second kappa shape index (κ2) is 13.8. The highest BCUT2D eigenvalue weighted by molar-refractivity contribution is 5.92. The van der Waals surface area contributed by atoms with Crippen molar-refractivity contribution in [1.29, 1.82) is 0 Å². The number of halogens is 1. The van der Waals surface area contributed by atoms with Crippen molar-refractivity contribution in [3.05, 3.63) is 47.6 Å². The van der Waals surface area contributed by atoms with Gasteiger partial charge >= 0.3 is 11.9 Å². The van der Waals surface area contributed by atoms with E-state index >= 15 is 4.39 Å². The van der Waals surface area contributed by atoms with Crippen LogP contribution in [0, 0.1) is 63.6 Å².